The second kappa shape index (κ2) is 9.28. The number of benzene rings is 3. The molecule has 0 saturated carbocycles. The van der Waals surface area contributed by atoms with Crippen molar-refractivity contribution in [2.75, 3.05) is 0 Å². The van der Waals surface area contributed by atoms with E-state index in [4.69, 9.17) is 4.74 Å². The molecule has 0 aliphatic rings. The summed E-state index contributed by atoms with van der Waals surface area (Å²) < 4.78 is 6.16. The van der Waals surface area contributed by atoms with E-state index in [2.05, 4.69) is 20.3 Å². The van der Waals surface area contributed by atoms with Crippen LogP contribution >= 0.6 is 0 Å². The number of pyridine rings is 1. The van der Waals surface area contributed by atoms with Crippen LogP contribution in [0.1, 0.15) is 15.9 Å². The summed E-state index contributed by atoms with van der Waals surface area (Å²) in [5.41, 5.74) is 3.16. The van der Waals surface area contributed by atoms with Crippen LogP contribution in [-0.4, -0.2) is 20.9 Å². The van der Waals surface area contributed by atoms with Gasteiger partial charge in [0.25, 0.3) is 5.91 Å². The zero-order valence-corrected chi connectivity index (χ0v) is 17.7. The molecule has 0 atom stereocenters. The number of ether oxygens (including phenoxy) is 1. The molecule has 0 aliphatic heterocycles. The van der Waals surface area contributed by atoms with Crippen molar-refractivity contribution in [2.45, 2.75) is 6.54 Å². The maximum Gasteiger partial charge on any atom is 0.251 e. The van der Waals surface area contributed by atoms with Crippen LogP contribution in [0.2, 0.25) is 0 Å². The molecule has 0 saturated heterocycles. The van der Waals surface area contributed by atoms with Crippen LogP contribution in [-0.2, 0) is 6.54 Å². The molecule has 1 amide bonds. The number of nitrogens with one attached hydrogen (secondary N) is 1. The highest BCUT2D eigenvalue weighted by Crippen LogP contribution is 2.30. The number of carbonyl (C=O) groups excluding carboxylic acids is 1. The normalized spacial score (nSPS) is 10.7. The highest BCUT2D eigenvalue weighted by molar-refractivity contribution is 5.94. The van der Waals surface area contributed by atoms with Crippen LogP contribution in [0.5, 0.6) is 11.6 Å². The van der Waals surface area contributed by atoms with Gasteiger partial charge in [-0.15, -0.1) is 0 Å². The molecule has 0 radical (unpaired) electrons. The van der Waals surface area contributed by atoms with Gasteiger partial charge in [-0.2, -0.15) is 4.98 Å². The molecule has 2 aromatic heterocycles. The van der Waals surface area contributed by atoms with Gasteiger partial charge in [-0.25, -0.2) is 4.98 Å². The first-order valence-corrected chi connectivity index (χ1v) is 10.5. The third-order valence-corrected chi connectivity index (χ3v) is 5.11. The number of carbonyl (C=O) groups is 1. The Hall–Kier alpha value is -4.58. The monoisotopic (exact) mass is 432 g/mol. The Morgan fingerprint density at radius 3 is 2.45 bits per heavy atom. The van der Waals surface area contributed by atoms with Gasteiger partial charge in [0, 0.05) is 30.1 Å². The maximum absolute atomic E-state index is 12.7. The van der Waals surface area contributed by atoms with E-state index in [0.717, 1.165) is 22.0 Å². The van der Waals surface area contributed by atoms with Crippen molar-refractivity contribution in [3.63, 3.8) is 0 Å². The van der Waals surface area contributed by atoms with Gasteiger partial charge in [0.1, 0.15) is 5.75 Å². The Morgan fingerprint density at radius 2 is 1.61 bits per heavy atom. The number of nitrogens with zero attached hydrogens (tertiary/aromatic N) is 3. The first-order valence-electron chi connectivity index (χ1n) is 10.5. The third-order valence-electron chi connectivity index (χ3n) is 5.11. The lowest BCUT2D eigenvalue weighted by atomic mass is 10.2. The minimum absolute atomic E-state index is 0.172. The summed E-state index contributed by atoms with van der Waals surface area (Å²) >= 11 is 0. The van der Waals surface area contributed by atoms with E-state index in [1.165, 1.54) is 0 Å². The molecule has 0 spiro atoms. The van der Waals surface area contributed by atoms with Crippen LogP contribution in [0.25, 0.3) is 22.3 Å². The molecule has 0 fully saturated rings. The van der Waals surface area contributed by atoms with Crippen molar-refractivity contribution in [1.29, 1.82) is 0 Å². The van der Waals surface area contributed by atoms with Crippen LogP contribution in [0, 0.1) is 0 Å². The van der Waals surface area contributed by atoms with Crippen molar-refractivity contribution in [2.24, 2.45) is 0 Å². The predicted octanol–water partition coefficient (Wildman–Crippen LogP) is 5.41. The smallest absolute Gasteiger partial charge is 0.251 e. The van der Waals surface area contributed by atoms with E-state index in [1.54, 1.807) is 36.7 Å². The fraction of sp³-hybridized carbons (Fsp3) is 0.0370. The molecule has 160 valence electrons. The summed E-state index contributed by atoms with van der Waals surface area (Å²) in [6.45, 7) is 0.455. The summed E-state index contributed by atoms with van der Waals surface area (Å²) in [7, 11) is 0. The van der Waals surface area contributed by atoms with E-state index in [-0.39, 0.29) is 5.91 Å². The van der Waals surface area contributed by atoms with Crippen molar-refractivity contribution in [3.8, 4) is 23.0 Å². The van der Waals surface area contributed by atoms with Crippen LogP contribution < -0.4 is 10.1 Å². The highest BCUT2D eigenvalue weighted by atomic mass is 16.5. The Labute approximate surface area is 190 Å². The Bertz CT molecular complexity index is 1410. The molecule has 2 heterocycles. The van der Waals surface area contributed by atoms with Crippen LogP contribution in [0.4, 0.5) is 0 Å². The quantitative estimate of drug-likeness (QED) is 0.388. The molecular weight excluding hydrogens is 412 g/mol. The average Bonchev–Trinajstić information content (AvgIpc) is 2.88. The molecule has 6 heteroatoms. The first kappa shape index (κ1) is 20.3. The number of hydrogen-bond donors (Lipinski definition) is 1. The molecule has 33 heavy (non-hydrogen) atoms. The number of amides is 1. The zero-order chi connectivity index (χ0) is 22.5. The Balaban J connectivity index is 1.42. The fourth-order valence-electron chi connectivity index (χ4n) is 3.45. The summed E-state index contributed by atoms with van der Waals surface area (Å²) in [6, 6.07) is 28.2. The second-order valence-electron chi connectivity index (χ2n) is 7.40. The summed E-state index contributed by atoms with van der Waals surface area (Å²) in [4.78, 5) is 26.1. The minimum Gasteiger partial charge on any atom is -0.438 e. The lowest BCUT2D eigenvalue weighted by Crippen LogP contribution is -2.22. The fourth-order valence-corrected chi connectivity index (χ4v) is 3.45. The standard InChI is InChI=1S/C27H20N4O2/c32-26(29-18-19-7-2-1-3-8-19)21-9-6-10-22(17-21)33-27-23-11-4-5-12-24(23)30-25(31-27)20-13-15-28-16-14-20/h1-17H,18H2,(H,29,32). The number of rotatable bonds is 6. The molecule has 6 nitrogen and oxygen atoms in total. The van der Waals surface area contributed by atoms with E-state index >= 15 is 0 Å². The maximum atomic E-state index is 12.7. The van der Waals surface area contributed by atoms with Gasteiger partial charge in [0.05, 0.1) is 10.9 Å². The largest absolute Gasteiger partial charge is 0.438 e. The van der Waals surface area contributed by atoms with E-state index in [0.29, 0.717) is 29.6 Å². The minimum atomic E-state index is -0.172. The van der Waals surface area contributed by atoms with Gasteiger partial charge < -0.3 is 10.1 Å². The lowest BCUT2D eigenvalue weighted by molar-refractivity contribution is 0.0950. The number of fused-ring (bicyclic) bond motifs is 1. The molecule has 1 N–H and O–H groups in total. The average molecular weight is 432 g/mol. The van der Waals surface area contributed by atoms with Crippen molar-refractivity contribution in [3.05, 3.63) is 115 Å². The second-order valence-corrected chi connectivity index (χ2v) is 7.40. The molecular formula is C27H20N4O2. The number of para-hydroxylation sites is 1. The SMILES string of the molecule is O=C(NCc1ccccc1)c1cccc(Oc2nc(-c3ccncc3)nc3ccccc23)c1. The summed E-state index contributed by atoms with van der Waals surface area (Å²) in [5.74, 6) is 1.32. The molecule has 5 rings (SSSR count). The molecule has 0 bridgehead atoms. The molecule has 3 aromatic carbocycles. The van der Waals surface area contributed by atoms with Crippen LogP contribution in [0.15, 0.2) is 103 Å². The first-order chi connectivity index (χ1) is 16.3. The van der Waals surface area contributed by atoms with E-state index in [1.807, 2.05) is 66.7 Å². The Kier molecular flexibility index (Phi) is 5.72. The topological polar surface area (TPSA) is 77.0 Å². The van der Waals surface area contributed by atoms with Gasteiger partial charge in [-0.3, -0.25) is 9.78 Å². The Morgan fingerprint density at radius 1 is 0.818 bits per heavy atom. The highest BCUT2D eigenvalue weighted by Gasteiger charge is 2.13. The van der Waals surface area contributed by atoms with E-state index < -0.39 is 0 Å². The lowest BCUT2D eigenvalue weighted by Gasteiger charge is -2.11. The van der Waals surface area contributed by atoms with Crippen molar-refractivity contribution < 1.29 is 9.53 Å². The molecule has 0 unspecified atom stereocenters. The van der Waals surface area contributed by atoms with Crippen molar-refractivity contribution >= 4 is 16.8 Å². The van der Waals surface area contributed by atoms with Gasteiger partial charge in [0.2, 0.25) is 5.88 Å². The molecule has 0 aliphatic carbocycles. The van der Waals surface area contributed by atoms with Gasteiger partial charge in [-0.1, -0.05) is 48.5 Å². The van der Waals surface area contributed by atoms with Crippen molar-refractivity contribution in [1.82, 2.24) is 20.3 Å². The number of hydrogen-bond acceptors (Lipinski definition) is 5. The van der Waals surface area contributed by atoms with E-state index in [9.17, 15) is 4.79 Å². The zero-order valence-electron chi connectivity index (χ0n) is 17.7. The van der Waals surface area contributed by atoms with Gasteiger partial charge >= 0.3 is 0 Å². The summed E-state index contributed by atoms with van der Waals surface area (Å²) in [6.07, 6.45) is 3.40. The third kappa shape index (κ3) is 4.70. The molecule has 5 aromatic rings. The van der Waals surface area contributed by atoms with Crippen LogP contribution in [0.3, 0.4) is 0 Å². The summed E-state index contributed by atoms with van der Waals surface area (Å²) in [5, 5.41) is 3.73. The predicted molar refractivity (Wildman–Crippen MR) is 127 cm³/mol. The van der Waals surface area contributed by atoms with Gasteiger partial charge in [-0.05, 0) is 48.0 Å². The van der Waals surface area contributed by atoms with Gasteiger partial charge in [0.15, 0.2) is 5.82 Å². The number of aromatic nitrogens is 3.